The van der Waals surface area contributed by atoms with Crippen molar-refractivity contribution in [1.82, 2.24) is 5.06 Å². The van der Waals surface area contributed by atoms with Crippen molar-refractivity contribution in [2.45, 2.75) is 50.7 Å². The van der Waals surface area contributed by atoms with Gasteiger partial charge in [-0.1, -0.05) is 29.3 Å². The maximum Gasteiger partial charge on any atom is 0.346 e. The number of aliphatic carboxylic acids is 1. The second kappa shape index (κ2) is 14.3. The molecule has 4 aromatic rings. The minimum atomic E-state index is -2.48. The highest BCUT2D eigenvalue weighted by atomic mass is 16.8. The molecule has 15 nitrogen and oxygen atoms in total. The van der Waals surface area contributed by atoms with Crippen LogP contribution in [0.5, 0.6) is 11.5 Å². The van der Waals surface area contributed by atoms with Gasteiger partial charge in [-0.05, 0) is 61.9 Å². The third-order valence-corrected chi connectivity index (χ3v) is 8.98. The van der Waals surface area contributed by atoms with Crippen LogP contribution in [0.4, 0.5) is 0 Å². The predicted octanol–water partition coefficient (Wildman–Crippen LogP) is 2.59. The van der Waals surface area contributed by atoms with Gasteiger partial charge in [0.2, 0.25) is 12.4 Å². The topological polar surface area (TPSA) is 218 Å². The van der Waals surface area contributed by atoms with Crippen molar-refractivity contribution in [2.75, 3.05) is 13.2 Å². The van der Waals surface area contributed by atoms with Gasteiger partial charge >= 0.3 is 11.9 Å². The van der Waals surface area contributed by atoms with Crippen LogP contribution in [-0.4, -0.2) is 98.7 Å². The molecular formula is C38H34N2O13. The number of aryl methyl sites for hydroxylation is 2. The molecule has 4 heterocycles. The van der Waals surface area contributed by atoms with Gasteiger partial charge in [-0.25, -0.2) is 14.7 Å². The highest BCUT2D eigenvalue weighted by Crippen LogP contribution is 2.40. The number of aliphatic imine (C=N–C) groups is 1. The van der Waals surface area contributed by atoms with Crippen molar-refractivity contribution >= 4 is 34.8 Å². The fourth-order valence-electron chi connectivity index (χ4n) is 6.44. The van der Waals surface area contributed by atoms with Gasteiger partial charge in [0.15, 0.2) is 11.5 Å². The Hall–Kier alpha value is -5.84. The number of phenols is 1. The SMILES string of the molecule is Cc1cc(C)cc(C2=C3N=CC=C3CN2O[C@@H]2[C@@H](Oc3ccc4c(=O)c(-c5ccc(O)cc5)coc4c3)O[C@@H](COC(=O)[C@H](O)C(=O)O)[C@H](O)[C@H]2O)c1. The third-order valence-electron chi connectivity index (χ3n) is 8.98. The molecule has 6 atom stereocenters. The molecule has 53 heavy (non-hydrogen) atoms. The van der Waals surface area contributed by atoms with Crippen molar-refractivity contribution in [3.63, 3.8) is 0 Å². The first kappa shape index (κ1) is 35.6. The summed E-state index contributed by atoms with van der Waals surface area (Å²) in [6.45, 7) is 3.38. The first-order chi connectivity index (χ1) is 25.4. The number of carboxylic acids is 1. The summed E-state index contributed by atoms with van der Waals surface area (Å²) in [6, 6.07) is 16.4. The van der Waals surface area contributed by atoms with Crippen LogP contribution in [0.3, 0.4) is 0 Å². The van der Waals surface area contributed by atoms with E-state index in [-0.39, 0.29) is 40.0 Å². The van der Waals surface area contributed by atoms with Crippen molar-refractivity contribution in [2.24, 2.45) is 4.99 Å². The molecule has 3 aliphatic heterocycles. The van der Waals surface area contributed by atoms with E-state index in [0.717, 1.165) is 22.3 Å². The van der Waals surface area contributed by atoms with Crippen molar-refractivity contribution < 1.29 is 58.6 Å². The number of hydrogen-bond donors (Lipinski definition) is 5. The first-order valence-corrected chi connectivity index (χ1v) is 16.5. The number of carbonyl (C=O) groups is 2. The Kier molecular flexibility index (Phi) is 9.59. The van der Waals surface area contributed by atoms with E-state index in [9.17, 15) is 34.8 Å². The molecule has 0 spiro atoms. The lowest BCUT2D eigenvalue weighted by molar-refractivity contribution is -0.323. The summed E-state index contributed by atoms with van der Waals surface area (Å²) in [4.78, 5) is 47.5. The smallest absolute Gasteiger partial charge is 0.346 e. The van der Waals surface area contributed by atoms with E-state index in [4.69, 9.17) is 28.6 Å². The van der Waals surface area contributed by atoms with Crippen LogP contribution in [0.25, 0.3) is 27.8 Å². The molecule has 3 aliphatic rings. The average molecular weight is 727 g/mol. The van der Waals surface area contributed by atoms with E-state index in [0.29, 0.717) is 17.0 Å². The number of aromatic hydroxyl groups is 1. The third kappa shape index (κ3) is 7.03. The Morgan fingerprint density at radius 2 is 1.74 bits per heavy atom. The van der Waals surface area contributed by atoms with Crippen molar-refractivity contribution in [1.29, 1.82) is 0 Å². The van der Waals surface area contributed by atoms with Gasteiger partial charge in [-0.3, -0.25) is 14.6 Å². The van der Waals surface area contributed by atoms with Gasteiger partial charge < -0.3 is 44.2 Å². The number of nitrogens with zero attached hydrogens (tertiary/aromatic N) is 2. The van der Waals surface area contributed by atoms with Crippen LogP contribution < -0.4 is 10.2 Å². The summed E-state index contributed by atoms with van der Waals surface area (Å²) in [6.07, 6.45) is -5.54. The number of benzene rings is 3. The standard InChI is InChI=1S/C38H34N2O13/c1-18-11-19(2)13-22(12-18)30-29-21(9-10-39-29)15-40(30)53-35-33(44)32(43)28(17-50-37(48)34(45)36(46)47)52-38(35)51-24-7-8-25-27(14-24)49-16-26(31(25)42)20-3-5-23(41)6-4-20/h3-14,16,28,32-35,38,41,43-45H,15,17H2,1-2H3,(H,46,47)/t28-,32-,33+,34+,35-,38-/m0/s1. The second-order valence-corrected chi connectivity index (χ2v) is 12.8. The van der Waals surface area contributed by atoms with Gasteiger partial charge in [-0.2, -0.15) is 0 Å². The summed E-state index contributed by atoms with van der Waals surface area (Å²) in [5, 5.41) is 52.6. The van der Waals surface area contributed by atoms with Gasteiger partial charge in [0.25, 0.3) is 0 Å². The molecule has 1 saturated heterocycles. The largest absolute Gasteiger partial charge is 0.508 e. The van der Waals surface area contributed by atoms with Crippen LogP contribution in [0.1, 0.15) is 16.7 Å². The summed E-state index contributed by atoms with van der Waals surface area (Å²) < 4.78 is 22.9. The van der Waals surface area contributed by atoms with E-state index in [1.807, 2.05) is 38.1 Å². The number of carboxylic acid groups (broad SMARTS) is 1. The molecule has 0 radical (unpaired) electrons. The van der Waals surface area contributed by atoms with Crippen LogP contribution >= 0.6 is 0 Å². The maximum absolute atomic E-state index is 13.4. The number of aliphatic hydroxyl groups excluding tert-OH is 3. The molecule has 1 fully saturated rings. The lowest BCUT2D eigenvalue weighted by Gasteiger charge is -2.43. The Labute approximate surface area is 300 Å². The predicted molar refractivity (Wildman–Crippen MR) is 186 cm³/mol. The van der Waals surface area contributed by atoms with Gasteiger partial charge in [0.05, 0.1) is 28.9 Å². The number of allylic oxidation sites excluding steroid dienone is 1. The number of phenolic OH excluding ortho intramolecular Hbond substituents is 1. The fourth-order valence-corrected chi connectivity index (χ4v) is 6.44. The summed E-state index contributed by atoms with van der Waals surface area (Å²) in [5.74, 6) is -3.19. The highest BCUT2D eigenvalue weighted by molar-refractivity contribution is 5.96. The maximum atomic E-state index is 13.4. The lowest BCUT2D eigenvalue weighted by Crippen LogP contribution is -2.62. The number of fused-ring (bicyclic) bond motifs is 2. The zero-order valence-corrected chi connectivity index (χ0v) is 28.3. The molecule has 3 aromatic carbocycles. The number of ether oxygens (including phenoxy) is 3. The molecule has 0 amide bonds. The number of hydroxylamine groups is 2. The van der Waals surface area contributed by atoms with Crippen LogP contribution in [-0.2, 0) is 23.9 Å². The van der Waals surface area contributed by atoms with Crippen LogP contribution in [0, 0.1) is 13.8 Å². The first-order valence-electron chi connectivity index (χ1n) is 16.5. The second-order valence-electron chi connectivity index (χ2n) is 12.8. The van der Waals surface area contributed by atoms with Gasteiger partial charge in [0, 0.05) is 23.4 Å². The molecule has 274 valence electrons. The van der Waals surface area contributed by atoms with Crippen molar-refractivity contribution in [3.8, 4) is 22.6 Å². The molecule has 15 heteroatoms. The number of rotatable bonds is 10. The summed E-state index contributed by atoms with van der Waals surface area (Å²) in [7, 11) is 0. The molecule has 0 aliphatic carbocycles. The Bertz CT molecular complexity index is 2220. The molecule has 0 unspecified atom stereocenters. The average Bonchev–Trinajstić information content (AvgIpc) is 3.71. The van der Waals surface area contributed by atoms with E-state index in [1.54, 1.807) is 18.3 Å². The minimum Gasteiger partial charge on any atom is -0.508 e. The van der Waals surface area contributed by atoms with Crippen LogP contribution in [0.15, 0.2) is 98.5 Å². The summed E-state index contributed by atoms with van der Waals surface area (Å²) in [5.41, 5.74) is 5.51. The zero-order chi connectivity index (χ0) is 37.6. The number of hydrogen-bond acceptors (Lipinski definition) is 14. The Morgan fingerprint density at radius 3 is 2.45 bits per heavy atom. The molecule has 0 saturated carbocycles. The Morgan fingerprint density at radius 1 is 1.00 bits per heavy atom. The molecule has 5 N–H and O–H groups in total. The number of esters is 1. The molecule has 7 rings (SSSR count). The lowest BCUT2D eigenvalue weighted by atomic mass is 9.99. The van der Waals surface area contributed by atoms with E-state index in [1.165, 1.54) is 41.7 Å². The van der Waals surface area contributed by atoms with E-state index >= 15 is 0 Å². The highest BCUT2D eigenvalue weighted by Gasteiger charge is 2.49. The minimum absolute atomic E-state index is 0.0418. The van der Waals surface area contributed by atoms with Gasteiger partial charge in [0.1, 0.15) is 48.3 Å². The fraction of sp³-hybridized carbons (Fsp3) is 0.263. The van der Waals surface area contributed by atoms with Crippen molar-refractivity contribution in [3.05, 3.63) is 111 Å². The molecule has 0 bridgehead atoms. The monoisotopic (exact) mass is 726 g/mol. The van der Waals surface area contributed by atoms with E-state index < -0.39 is 55.4 Å². The normalized spacial score (nSPS) is 22.8. The van der Waals surface area contributed by atoms with E-state index in [2.05, 4.69) is 4.99 Å². The van der Waals surface area contributed by atoms with Gasteiger partial charge in [-0.15, -0.1) is 0 Å². The quantitative estimate of drug-likeness (QED) is 0.117. The molecular weight excluding hydrogens is 692 g/mol. The zero-order valence-electron chi connectivity index (χ0n) is 28.3. The summed E-state index contributed by atoms with van der Waals surface area (Å²) >= 11 is 0. The molecule has 1 aromatic heterocycles. The number of carbonyl (C=O) groups excluding carboxylic acids is 1. The number of aliphatic hydroxyl groups is 3. The Balaban J connectivity index is 1.20. The van der Waals surface area contributed by atoms with Crippen LogP contribution in [0.2, 0.25) is 0 Å².